The van der Waals surface area contributed by atoms with Crippen LogP contribution < -0.4 is 0 Å². The van der Waals surface area contributed by atoms with E-state index in [-0.39, 0.29) is 0 Å². The van der Waals surface area contributed by atoms with Crippen LogP contribution in [0.15, 0.2) is 152 Å². The van der Waals surface area contributed by atoms with E-state index in [9.17, 15) is 0 Å². The Morgan fingerprint density at radius 3 is 1.70 bits per heavy atom. The highest BCUT2D eigenvalue weighted by Gasteiger charge is 2.47. The van der Waals surface area contributed by atoms with Gasteiger partial charge in [0.25, 0.3) is 0 Å². The summed E-state index contributed by atoms with van der Waals surface area (Å²) in [6.07, 6.45) is -0.523. The SMILES string of the molecule is C=C=C[C@H]1OC(COCc2ccccc2)[C@@H](OCc2ccccc2)C(OCc2ccc3ccccc3c2)C1OCc1ccccc1. The van der Waals surface area contributed by atoms with Gasteiger partial charge in [0.2, 0.25) is 0 Å². The van der Waals surface area contributed by atoms with Gasteiger partial charge in [0, 0.05) is 0 Å². The second kappa shape index (κ2) is 16.3. The van der Waals surface area contributed by atoms with Crippen LogP contribution >= 0.6 is 0 Å². The van der Waals surface area contributed by atoms with E-state index in [0.29, 0.717) is 33.0 Å². The van der Waals surface area contributed by atoms with Crippen LogP contribution in [0.5, 0.6) is 0 Å². The molecule has 5 atom stereocenters. The molecule has 5 heteroatoms. The molecule has 0 amide bonds. The molecule has 0 aromatic heterocycles. The lowest BCUT2D eigenvalue weighted by atomic mass is 9.93. The summed E-state index contributed by atoms with van der Waals surface area (Å²) in [5.74, 6) is 0. The molecule has 5 nitrogen and oxygen atoms in total. The fourth-order valence-corrected chi connectivity index (χ4v) is 5.83. The molecule has 0 aliphatic carbocycles. The van der Waals surface area contributed by atoms with Crippen LogP contribution in [0, 0.1) is 0 Å². The summed E-state index contributed by atoms with van der Waals surface area (Å²) >= 11 is 0. The van der Waals surface area contributed by atoms with E-state index < -0.39 is 30.5 Å². The number of fused-ring (bicyclic) bond motifs is 1. The molecular formula is C41H40O5. The third-order valence-electron chi connectivity index (χ3n) is 8.17. The molecular weight excluding hydrogens is 572 g/mol. The van der Waals surface area contributed by atoms with Crippen LogP contribution in [-0.4, -0.2) is 37.1 Å². The molecule has 3 unspecified atom stereocenters. The number of hydrogen-bond donors (Lipinski definition) is 0. The van der Waals surface area contributed by atoms with Crippen molar-refractivity contribution >= 4 is 10.8 Å². The standard InChI is InChI=1S/C41H40O5/c1-2-14-37-39(43-27-32-17-8-4-9-18-32)41(45-29-34-23-24-35-21-12-13-22-36(35)25-34)40(44-28-33-19-10-5-11-20-33)38(46-37)30-42-26-31-15-6-3-7-16-31/h3-25,37-41H,1,26-30H2/t37-,38?,39?,40-,41?/m1/s1. The highest BCUT2D eigenvalue weighted by atomic mass is 16.6. The molecule has 0 N–H and O–H groups in total. The Morgan fingerprint density at radius 2 is 1.07 bits per heavy atom. The van der Waals surface area contributed by atoms with E-state index >= 15 is 0 Å². The quantitative estimate of drug-likeness (QED) is 0.118. The molecule has 46 heavy (non-hydrogen) atoms. The summed E-state index contributed by atoms with van der Waals surface area (Å²) in [4.78, 5) is 0. The number of ether oxygens (including phenoxy) is 5. The molecule has 0 saturated carbocycles. The minimum absolute atomic E-state index is 0.317. The second-order valence-corrected chi connectivity index (χ2v) is 11.5. The van der Waals surface area contributed by atoms with Crippen LogP contribution in [-0.2, 0) is 50.1 Å². The minimum Gasteiger partial charge on any atom is -0.374 e. The van der Waals surface area contributed by atoms with Crippen molar-refractivity contribution < 1.29 is 23.7 Å². The molecule has 1 aliphatic heterocycles. The van der Waals surface area contributed by atoms with Gasteiger partial charge in [-0.1, -0.05) is 134 Å². The highest BCUT2D eigenvalue weighted by Crippen LogP contribution is 2.32. The van der Waals surface area contributed by atoms with E-state index in [0.717, 1.165) is 22.3 Å². The van der Waals surface area contributed by atoms with Crippen molar-refractivity contribution in [3.05, 3.63) is 174 Å². The topological polar surface area (TPSA) is 46.2 Å². The van der Waals surface area contributed by atoms with Gasteiger partial charge in [-0.05, 0) is 45.2 Å². The lowest BCUT2D eigenvalue weighted by molar-refractivity contribution is -0.263. The molecule has 1 fully saturated rings. The lowest BCUT2D eigenvalue weighted by Gasteiger charge is -2.45. The number of benzene rings is 5. The first-order valence-corrected chi connectivity index (χ1v) is 15.8. The summed E-state index contributed by atoms with van der Waals surface area (Å²) in [5, 5.41) is 2.36. The van der Waals surface area contributed by atoms with Gasteiger partial charge in [0.05, 0.1) is 33.0 Å². The number of rotatable bonds is 14. The van der Waals surface area contributed by atoms with Gasteiger partial charge in [0.1, 0.15) is 30.5 Å². The third kappa shape index (κ3) is 8.48. The van der Waals surface area contributed by atoms with Gasteiger partial charge in [-0.3, -0.25) is 0 Å². The van der Waals surface area contributed by atoms with Crippen LogP contribution in [0.1, 0.15) is 22.3 Å². The Balaban J connectivity index is 1.29. The maximum atomic E-state index is 6.84. The molecule has 1 heterocycles. The van der Waals surface area contributed by atoms with Crippen LogP contribution in [0.4, 0.5) is 0 Å². The molecule has 0 radical (unpaired) electrons. The summed E-state index contributed by atoms with van der Waals surface area (Å²) in [6, 6.07) is 45.2. The Hall–Kier alpha value is -4.32. The van der Waals surface area contributed by atoms with Crippen molar-refractivity contribution in [1.29, 1.82) is 0 Å². The molecule has 234 valence electrons. The minimum atomic E-state index is -0.485. The second-order valence-electron chi connectivity index (χ2n) is 11.5. The van der Waals surface area contributed by atoms with Crippen molar-refractivity contribution in [2.45, 2.75) is 56.9 Å². The summed E-state index contributed by atoms with van der Waals surface area (Å²) in [7, 11) is 0. The van der Waals surface area contributed by atoms with E-state index in [2.05, 4.69) is 91.2 Å². The first-order valence-electron chi connectivity index (χ1n) is 15.8. The molecule has 0 bridgehead atoms. The van der Waals surface area contributed by atoms with Gasteiger partial charge >= 0.3 is 0 Å². The first kappa shape index (κ1) is 31.7. The van der Waals surface area contributed by atoms with Crippen LogP contribution in [0.3, 0.4) is 0 Å². The Labute approximate surface area is 271 Å². The maximum Gasteiger partial charge on any atom is 0.117 e. The smallest absolute Gasteiger partial charge is 0.117 e. The van der Waals surface area contributed by atoms with Gasteiger partial charge < -0.3 is 23.7 Å². The van der Waals surface area contributed by atoms with E-state index in [1.165, 1.54) is 10.8 Å². The lowest BCUT2D eigenvalue weighted by Crippen LogP contribution is -2.60. The van der Waals surface area contributed by atoms with E-state index in [4.69, 9.17) is 23.7 Å². The predicted octanol–water partition coefficient (Wildman–Crippen LogP) is 8.22. The molecule has 0 spiro atoms. The van der Waals surface area contributed by atoms with Crippen molar-refractivity contribution in [3.63, 3.8) is 0 Å². The van der Waals surface area contributed by atoms with Crippen molar-refractivity contribution in [3.8, 4) is 0 Å². The summed E-state index contributed by atoms with van der Waals surface area (Å²) < 4.78 is 33.1. The van der Waals surface area contributed by atoms with Crippen molar-refractivity contribution in [2.24, 2.45) is 0 Å². The Bertz CT molecular complexity index is 1680. The van der Waals surface area contributed by atoms with E-state index in [1.54, 1.807) is 0 Å². The Morgan fingerprint density at radius 1 is 0.543 bits per heavy atom. The zero-order valence-corrected chi connectivity index (χ0v) is 25.9. The largest absolute Gasteiger partial charge is 0.374 e. The molecule has 1 aliphatic rings. The van der Waals surface area contributed by atoms with Crippen LogP contribution in [0.25, 0.3) is 10.8 Å². The highest BCUT2D eigenvalue weighted by molar-refractivity contribution is 5.82. The molecule has 5 aromatic rings. The van der Waals surface area contributed by atoms with Gasteiger partial charge in [0.15, 0.2) is 0 Å². The average Bonchev–Trinajstić information content (AvgIpc) is 3.11. The normalized spacial score (nSPS) is 21.1. The average molecular weight is 613 g/mol. The maximum absolute atomic E-state index is 6.84. The monoisotopic (exact) mass is 612 g/mol. The van der Waals surface area contributed by atoms with Gasteiger partial charge in [-0.25, -0.2) is 0 Å². The van der Waals surface area contributed by atoms with Crippen LogP contribution in [0.2, 0.25) is 0 Å². The van der Waals surface area contributed by atoms with E-state index in [1.807, 2.05) is 60.7 Å². The summed E-state index contributed by atoms with van der Waals surface area (Å²) in [6.45, 7) is 5.81. The predicted molar refractivity (Wildman–Crippen MR) is 181 cm³/mol. The summed E-state index contributed by atoms with van der Waals surface area (Å²) in [5.41, 5.74) is 7.23. The zero-order valence-electron chi connectivity index (χ0n) is 25.9. The fourth-order valence-electron chi connectivity index (χ4n) is 5.83. The third-order valence-corrected chi connectivity index (χ3v) is 8.17. The zero-order chi connectivity index (χ0) is 31.4. The number of hydrogen-bond acceptors (Lipinski definition) is 5. The van der Waals surface area contributed by atoms with Crippen molar-refractivity contribution in [1.82, 2.24) is 0 Å². The van der Waals surface area contributed by atoms with Gasteiger partial charge in [-0.2, -0.15) is 0 Å². The van der Waals surface area contributed by atoms with Gasteiger partial charge in [-0.15, -0.1) is 5.73 Å². The first-order chi connectivity index (χ1) is 22.8. The fraction of sp³-hybridized carbons (Fsp3) is 0.244. The Kier molecular flexibility index (Phi) is 11.2. The van der Waals surface area contributed by atoms with Crippen molar-refractivity contribution in [2.75, 3.05) is 6.61 Å². The molecule has 1 saturated heterocycles. The molecule has 5 aromatic carbocycles. The molecule has 6 rings (SSSR count).